The molecule has 1 saturated carbocycles. The van der Waals surface area contributed by atoms with E-state index < -0.39 is 5.60 Å². The molecule has 1 saturated heterocycles. The van der Waals surface area contributed by atoms with Crippen molar-refractivity contribution in [2.45, 2.75) is 62.6 Å². The summed E-state index contributed by atoms with van der Waals surface area (Å²) in [6, 6.07) is 8.62. The van der Waals surface area contributed by atoms with Crippen LogP contribution in [-0.2, 0) is 17.6 Å². The van der Waals surface area contributed by atoms with Crippen LogP contribution >= 0.6 is 0 Å². The SMILES string of the molecule is OC1(C2CCOC3(CCC3)C2)CCc2ccccc2C1. The molecule has 2 unspecified atom stereocenters. The van der Waals surface area contributed by atoms with Crippen molar-refractivity contribution in [3.05, 3.63) is 35.4 Å². The summed E-state index contributed by atoms with van der Waals surface area (Å²) in [5.74, 6) is 0.421. The standard InChI is InChI=1S/C18H24O2/c19-18(10-6-14-4-1-2-5-15(14)12-18)16-7-11-20-17(13-16)8-3-9-17/h1-2,4-5,16,19H,3,6-13H2. The van der Waals surface area contributed by atoms with Crippen molar-refractivity contribution in [3.63, 3.8) is 0 Å². The van der Waals surface area contributed by atoms with Gasteiger partial charge in [0.15, 0.2) is 0 Å². The number of hydrogen-bond acceptors (Lipinski definition) is 2. The van der Waals surface area contributed by atoms with Crippen molar-refractivity contribution in [3.8, 4) is 0 Å². The van der Waals surface area contributed by atoms with Gasteiger partial charge in [-0.3, -0.25) is 0 Å². The molecule has 1 N–H and O–H groups in total. The van der Waals surface area contributed by atoms with Crippen LogP contribution in [0.4, 0.5) is 0 Å². The van der Waals surface area contributed by atoms with Crippen molar-refractivity contribution in [1.82, 2.24) is 0 Å². The van der Waals surface area contributed by atoms with E-state index in [0.717, 1.165) is 38.7 Å². The van der Waals surface area contributed by atoms with E-state index in [0.29, 0.717) is 5.92 Å². The Kier molecular flexibility index (Phi) is 2.94. The number of rotatable bonds is 1. The highest BCUT2D eigenvalue weighted by atomic mass is 16.5. The highest BCUT2D eigenvalue weighted by Crippen LogP contribution is 2.49. The zero-order valence-corrected chi connectivity index (χ0v) is 12.1. The van der Waals surface area contributed by atoms with Gasteiger partial charge in [-0.2, -0.15) is 0 Å². The second-order valence-corrected chi connectivity index (χ2v) is 7.12. The molecule has 1 aliphatic heterocycles. The van der Waals surface area contributed by atoms with Crippen molar-refractivity contribution in [1.29, 1.82) is 0 Å². The number of ether oxygens (including phenoxy) is 1. The van der Waals surface area contributed by atoms with Crippen LogP contribution in [0, 0.1) is 5.92 Å². The molecule has 0 amide bonds. The average molecular weight is 272 g/mol. The number of aryl methyl sites for hydroxylation is 1. The third-order valence-electron chi connectivity index (χ3n) is 5.96. The predicted octanol–water partition coefficient (Wildman–Crippen LogP) is 3.26. The molecular weight excluding hydrogens is 248 g/mol. The summed E-state index contributed by atoms with van der Waals surface area (Å²) in [6.45, 7) is 0.842. The van der Waals surface area contributed by atoms with E-state index in [1.807, 2.05) is 0 Å². The summed E-state index contributed by atoms with van der Waals surface area (Å²) in [6.07, 6.45) is 8.60. The van der Waals surface area contributed by atoms with E-state index >= 15 is 0 Å². The minimum absolute atomic E-state index is 0.135. The summed E-state index contributed by atoms with van der Waals surface area (Å²) in [5, 5.41) is 11.2. The summed E-state index contributed by atoms with van der Waals surface area (Å²) in [5.41, 5.74) is 2.43. The molecule has 1 aromatic rings. The monoisotopic (exact) mass is 272 g/mol. The summed E-state index contributed by atoms with van der Waals surface area (Å²) < 4.78 is 6.03. The zero-order chi connectivity index (χ0) is 13.6. The maximum atomic E-state index is 11.2. The van der Waals surface area contributed by atoms with E-state index in [9.17, 15) is 5.11 Å². The molecule has 108 valence electrons. The highest BCUT2D eigenvalue weighted by molar-refractivity contribution is 5.32. The number of fused-ring (bicyclic) bond motifs is 1. The Morgan fingerprint density at radius 1 is 1.10 bits per heavy atom. The normalized spacial score (nSPS) is 35.4. The first kappa shape index (κ1) is 12.8. The fraction of sp³-hybridized carbons (Fsp3) is 0.667. The molecule has 2 aliphatic carbocycles. The molecule has 3 aliphatic rings. The van der Waals surface area contributed by atoms with Gasteiger partial charge in [0, 0.05) is 13.0 Å². The molecule has 0 aromatic heterocycles. The lowest BCUT2D eigenvalue weighted by Crippen LogP contribution is -2.53. The second kappa shape index (κ2) is 4.57. The van der Waals surface area contributed by atoms with E-state index in [1.165, 1.54) is 30.4 Å². The number of hydrogen-bond donors (Lipinski definition) is 1. The second-order valence-electron chi connectivity index (χ2n) is 7.12. The average Bonchev–Trinajstić information content (AvgIpc) is 2.46. The van der Waals surface area contributed by atoms with Gasteiger partial charge >= 0.3 is 0 Å². The Labute approximate surface area is 121 Å². The third kappa shape index (κ3) is 2.01. The lowest BCUT2D eigenvalue weighted by Gasteiger charge is -2.51. The third-order valence-corrected chi connectivity index (χ3v) is 5.96. The number of aliphatic hydroxyl groups is 1. The molecule has 4 rings (SSSR count). The summed E-state index contributed by atoms with van der Waals surface area (Å²) in [4.78, 5) is 0. The molecule has 2 heteroatoms. The largest absolute Gasteiger partial charge is 0.389 e. The Morgan fingerprint density at radius 3 is 2.65 bits per heavy atom. The van der Waals surface area contributed by atoms with Crippen LogP contribution in [0.25, 0.3) is 0 Å². The Morgan fingerprint density at radius 2 is 1.90 bits per heavy atom. The van der Waals surface area contributed by atoms with Crippen molar-refractivity contribution in [2.24, 2.45) is 5.92 Å². The summed E-state index contributed by atoms with van der Waals surface area (Å²) in [7, 11) is 0. The fourth-order valence-corrected chi connectivity index (χ4v) is 4.50. The first-order chi connectivity index (χ1) is 9.69. The van der Waals surface area contributed by atoms with Crippen LogP contribution in [0.3, 0.4) is 0 Å². The van der Waals surface area contributed by atoms with Gasteiger partial charge in [0.2, 0.25) is 0 Å². The zero-order valence-electron chi connectivity index (χ0n) is 12.1. The molecule has 2 fully saturated rings. The van der Waals surface area contributed by atoms with Crippen LogP contribution < -0.4 is 0 Å². The van der Waals surface area contributed by atoms with Crippen LogP contribution in [0.5, 0.6) is 0 Å². The molecule has 2 nitrogen and oxygen atoms in total. The smallest absolute Gasteiger partial charge is 0.0721 e. The maximum Gasteiger partial charge on any atom is 0.0721 e. The van der Waals surface area contributed by atoms with Crippen LogP contribution in [0.1, 0.15) is 49.7 Å². The topological polar surface area (TPSA) is 29.5 Å². The molecule has 1 spiro atoms. The van der Waals surface area contributed by atoms with Gasteiger partial charge in [0.05, 0.1) is 11.2 Å². The maximum absolute atomic E-state index is 11.2. The van der Waals surface area contributed by atoms with Gasteiger partial charge in [-0.1, -0.05) is 24.3 Å². The molecule has 2 atom stereocenters. The van der Waals surface area contributed by atoms with Crippen LogP contribution in [0.15, 0.2) is 24.3 Å². The Hall–Kier alpha value is -0.860. The van der Waals surface area contributed by atoms with Crippen molar-refractivity contribution >= 4 is 0 Å². The minimum Gasteiger partial charge on any atom is -0.389 e. The van der Waals surface area contributed by atoms with Crippen LogP contribution in [0.2, 0.25) is 0 Å². The number of benzene rings is 1. The van der Waals surface area contributed by atoms with Crippen molar-refractivity contribution < 1.29 is 9.84 Å². The van der Waals surface area contributed by atoms with Gasteiger partial charge in [0.25, 0.3) is 0 Å². The summed E-state index contributed by atoms with van der Waals surface area (Å²) >= 11 is 0. The first-order valence-electron chi connectivity index (χ1n) is 8.12. The molecule has 20 heavy (non-hydrogen) atoms. The minimum atomic E-state index is -0.499. The highest BCUT2D eigenvalue weighted by Gasteiger charge is 2.49. The Bertz CT molecular complexity index is 506. The molecular formula is C18H24O2. The first-order valence-corrected chi connectivity index (χ1v) is 8.12. The lowest BCUT2D eigenvalue weighted by atomic mass is 9.64. The van der Waals surface area contributed by atoms with Gasteiger partial charge in [0.1, 0.15) is 0 Å². The quantitative estimate of drug-likeness (QED) is 0.850. The molecule has 0 radical (unpaired) electrons. The fourth-order valence-electron chi connectivity index (χ4n) is 4.50. The lowest BCUT2D eigenvalue weighted by molar-refractivity contribution is -0.177. The van der Waals surface area contributed by atoms with Gasteiger partial charge in [-0.25, -0.2) is 0 Å². The molecule has 1 heterocycles. The van der Waals surface area contributed by atoms with E-state index in [4.69, 9.17) is 4.74 Å². The van der Waals surface area contributed by atoms with E-state index in [1.54, 1.807) is 0 Å². The van der Waals surface area contributed by atoms with E-state index in [2.05, 4.69) is 24.3 Å². The molecule has 0 bridgehead atoms. The molecule has 1 aromatic carbocycles. The van der Waals surface area contributed by atoms with Gasteiger partial charge in [-0.05, 0) is 62.0 Å². The van der Waals surface area contributed by atoms with Crippen LogP contribution in [-0.4, -0.2) is 22.9 Å². The predicted molar refractivity (Wildman–Crippen MR) is 78.7 cm³/mol. The van der Waals surface area contributed by atoms with Crippen molar-refractivity contribution in [2.75, 3.05) is 6.61 Å². The van der Waals surface area contributed by atoms with Gasteiger partial charge in [-0.15, -0.1) is 0 Å². The van der Waals surface area contributed by atoms with Gasteiger partial charge < -0.3 is 9.84 Å². The van der Waals surface area contributed by atoms with E-state index in [-0.39, 0.29) is 5.60 Å². The Balaban J connectivity index is 1.56.